The van der Waals surface area contributed by atoms with Gasteiger partial charge in [0.2, 0.25) is 0 Å². The number of hydrogen-bond donors (Lipinski definition) is 0. The maximum atomic E-state index is 8.51. The summed E-state index contributed by atoms with van der Waals surface area (Å²) in [5.41, 5.74) is 8.37. The maximum absolute atomic E-state index is 8.51. The molecule has 6 aromatic carbocycles. The summed E-state index contributed by atoms with van der Waals surface area (Å²) in [4.78, 5) is 8.96. The first kappa shape index (κ1) is 28.7. The van der Waals surface area contributed by atoms with Gasteiger partial charge in [-0.3, -0.25) is 0 Å². The molecule has 0 spiro atoms. The normalized spacial score (nSPS) is 14.2. The van der Waals surface area contributed by atoms with Crippen LogP contribution in [0.2, 0.25) is 0 Å². The number of hydrogen-bond acceptors (Lipinski definition) is 3. The van der Waals surface area contributed by atoms with Gasteiger partial charge in [0.1, 0.15) is 5.58 Å². The standard InChI is InChI=1S/C32H26NO.C19H16N.Ir/c1-32(2,3)19-21-11-13-22(14-12-21)24-16-18-29(33-20-24)28-10-6-9-26-27-17-15-23-7-4-5-8-25(23)30(27)34-31(26)28;1-14-8-11-19(20-13-14)17-10-9-15(2)18(12-17)16-6-4-3-5-7-16;/h4-9,11-18,20H,19H2,1-3H3;3-9,11-13H,1-2H3;/q2*-1;/i19D2;1D3,2D3;. The number of aryl methyl sites for hydroxylation is 2. The minimum Gasteiger partial charge on any atom is -0.500 e. The number of pyridine rings is 2. The summed E-state index contributed by atoms with van der Waals surface area (Å²) in [5.74, 6) is 0. The molecule has 0 atom stereocenters. The largest absolute Gasteiger partial charge is 0.500 e. The number of nitrogens with zero attached hydrogens (tertiary/aromatic N) is 2. The zero-order valence-corrected chi connectivity index (χ0v) is 33.0. The second kappa shape index (κ2) is 16.0. The quantitative estimate of drug-likeness (QED) is 0.162. The van der Waals surface area contributed by atoms with Gasteiger partial charge in [-0.25, -0.2) is 0 Å². The fourth-order valence-corrected chi connectivity index (χ4v) is 6.60. The summed E-state index contributed by atoms with van der Waals surface area (Å²) in [6.07, 6.45) is 1.75. The van der Waals surface area contributed by atoms with Crippen LogP contribution in [0.5, 0.6) is 0 Å². The summed E-state index contributed by atoms with van der Waals surface area (Å²) in [6, 6.07) is 50.1. The second-order valence-electron chi connectivity index (χ2n) is 14.2. The third kappa shape index (κ3) is 8.22. The number of aromatic nitrogens is 2. The van der Waals surface area contributed by atoms with E-state index in [9.17, 15) is 0 Å². The molecule has 9 rings (SSSR count). The van der Waals surface area contributed by atoms with Crippen LogP contribution in [0.15, 0.2) is 156 Å². The van der Waals surface area contributed by atoms with Gasteiger partial charge in [-0.1, -0.05) is 159 Å². The van der Waals surface area contributed by atoms with E-state index in [1.54, 1.807) is 12.1 Å². The Hall–Kier alpha value is -5.67. The average Bonchev–Trinajstić information content (AvgIpc) is 3.66. The van der Waals surface area contributed by atoms with Crippen LogP contribution in [0.3, 0.4) is 0 Å². The Morgan fingerprint density at radius 2 is 1.40 bits per heavy atom. The zero-order chi connectivity index (χ0) is 44.0. The predicted octanol–water partition coefficient (Wildman–Crippen LogP) is 13.7. The van der Waals surface area contributed by atoms with Gasteiger partial charge in [0.15, 0.2) is 0 Å². The Morgan fingerprint density at radius 3 is 2.13 bits per heavy atom. The summed E-state index contributed by atoms with van der Waals surface area (Å²) in [5, 5.41) is 4.39. The summed E-state index contributed by atoms with van der Waals surface area (Å²) < 4.78 is 69.0. The van der Waals surface area contributed by atoms with Crippen LogP contribution in [-0.4, -0.2) is 9.97 Å². The molecule has 0 aliphatic carbocycles. The molecule has 0 N–H and O–H groups in total. The van der Waals surface area contributed by atoms with Crippen molar-refractivity contribution in [3.05, 3.63) is 181 Å². The Labute approximate surface area is 348 Å². The Bertz CT molecular complexity index is 3030. The minimum absolute atomic E-state index is 0. The van der Waals surface area contributed by atoms with Crippen LogP contribution in [-0.2, 0) is 26.5 Å². The van der Waals surface area contributed by atoms with Gasteiger partial charge < -0.3 is 14.4 Å². The topological polar surface area (TPSA) is 38.9 Å². The SMILES string of the molecule is [2H]C([2H])([2H])c1ccc(-c2[c-]cc(C([2H])([2H])[2H])c(-c3ccccc3)c2)nc1.[2H]C([2H])(c1ccc(-c2ccc(-c3[c-]ccc4c3oc3c5ccccc5ccc43)nc2)cc1)C(C)(C)C.[Ir]. The molecule has 0 saturated carbocycles. The molecule has 0 saturated heterocycles. The molecule has 0 bridgehead atoms. The first-order valence-electron chi connectivity index (χ1n) is 21.8. The Balaban J connectivity index is 0.000000196. The van der Waals surface area contributed by atoms with Crippen molar-refractivity contribution in [3.8, 4) is 44.8 Å². The average molecular weight is 899 g/mol. The van der Waals surface area contributed by atoms with Gasteiger partial charge >= 0.3 is 0 Å². The van der Waals surface area contributed by atoms with Crippen molar-refractivity contribution in [2.75, 3.05) is 0 Å². The Morgan fingerprint density at radius 1 is 0.655 bits per heavy atom. The Kier molecular flexibility index (Phi) is 8.34. The van der Waals surface area contributed by atoms with E-state index in [4.69, 9.17) is 20.4 Å². The van der Waals surface area contributed by atoms with Crippen molar-refractivity contribution in [2.45, 2.75) is 40.8 Å². The first-order chi connectivity index (χ1) is 29.4. The van der Waals surface area contributed by atoms with Gasteiger partial charge in [0, 0.05) is 54.2 Å². The molecule has 0 amide bonds. The van der Waals surface area contributed by atoms with Crippen LogP contribution in [0.25, 0.3) is 77.5 Å². The number of furan rings is 1. The van der Waals surface area contributed by atoms with E-state index in [0.717, 1.165) is 60.7 Å². The molecule has 0 aliphatic rings. The van der Waals surface area contributed by atoms with Crippen LogP contribution in [0, 0.1) is 31.3 Å². The smallest absolute Gasteiger partial charge is 0.128 e. The number of benzene rings is 6. The summed E-state index contributed by atoms with van der Waals surface area (Å²) >= 11 is 0. The molecule has 0 aliphatic heterocycles. The van der Waals surface area contributed by atoms with Crippen molar-refractivity contribution in [2.24, 2.45) is 5.41 Å². The molecule has 4 heteroatoms. The fourth-order valence-electron chi connectivity index (χ4n) is 6.60. The molecule has 55 heavy (non-hydrogen) atoms. The van der Waals surface area contributed by atoms with E-state index >= 15 is 0 Å². The summed E-state index contributed by atoms with van der Waals surface area (Å²) in [7, 11) is 0. The van der Waals surface area contributed by atoms with Crippen molar-refractivity contribution in [1.29, 1.82) is 0 Å². The van der Waals surface area contributed by atoms with Crippen molar-refractivity contribution in [3.63, 3.8) is 0 Å². The van der Waals surface area contributed by atoms with Gasteiger partial charge in [0.05, 0.1) is 5.58 Å². The number of fused-ring (bicyclic) bond motifs is 5. The molecule has 0 unspecified atom stereocenters. The monoisotopic (exact) mass is 899 g/mol. The molecule has 3 aromatic heterocycles. The third-order valence-electron chi connectivity index (χ3n) is 9.16. The van der Waals surface area contributed by atoms with E-state index in [2.05, 4.69) is 41.4 Å². The molecule has 1 radical (unpaired) electrons. The van der Waals surface area contributed by atoms with E-state index in [1.807, 2.05) is 118 Å². The molecular formula is C51H42IrN2O-2. The zero-order valence-electron chi connectivity index (χ0n) is 38.6. The van der Waals surface area contributed by atoms with Crippen molar-refractivity contribution in [1.82, 2.24) is 9.97 Å². The summed E-state index contributed by atoms with van der Waals surface area (Å²) in [6.45, 7) is 1.29. The van der Waals surface area contributed by atoms with Gasteiger partial charge in [-0.05, 0) is 63.2 Å². The van der Waals surface area contributed by atoms with Crippen molar-refractivity contribution < 1.29 is 35.5 Å². The molecule has 0 fully saturated rings. The molecular weight excluding hydrogens is 849 g/mol. The van der Waals surface area contributed by atoms with Gasteiger partial charge in [0.25, 0.3) is 0 Å². The molecule has 9 aromatic rings. The minimum atomic E-state index is -2.27. The van der Waals surface area contributed by atoms with Gasteiger partial charge in [-0.2, -0.15) is 0 Å². The first-order valence-corrected chi connectivity index (χ1v) is 17.8. The third-order valence-corrected chi connectivity index (χ3v) is 9.16. The van der Waals surface area contributed by atoms with Crippen LogP contribution in [0.4, 0.5) is 0 Å². The van der Waals surface area contributed by atoms with E-state index in [1.165, 1.54) is 18.3 Å². The van der Waals surface area contributed by atoms with Crippen molar-refractivity contribution >= 4 is 32.7 Å². The van der Waals surface area contributed by atoms with Gasteiger partial charge in [-0.15, -0.1) is 47.5 Å². The predicted molar refractivity (Wildman–Crippen MR) is 225 cm³/mol. The van der Waals surface area contributed by atoms with E-state index in [0.29, 0.717) is 22.4 Å². The fraction of sp³-hybridized carbons (Fsp3) is 0.137. The maximum Gasteiger partial charge on any atom is 0.128 e. The van der Waals surface area contributed by atoms with Crippen LogP contribution >= 0.6 is 0 Å². The van der Waals surface area contributed by atoms with E-state index in [-0.39, 0.29) is 31.2 Å². The van der Waals surface area contributed by atoms with E-state index < -0.39 is 25.5 Å². The van der Waals surface area contributed by atoms with Crippen LogP contribution < -0.4 is 0 Å². The number of rotatable bonds is 5. The molecule has 3 heterocycles. The molecule has 3 nitrogen and oxygen atoms in total. The molecule has 273 valence electrons. The van der Waals surface area contributed by atoms with Crippen LogP contribution in [0.1, 0.15) is 48.4 Å². The second-order valence-corrected chi connectivity index (χ2v) is 14.2.